The van der Waals surface area contributed by atoms with E-state index in [-0.39, 0.29) is 17.9 Å². The molecule has 0 aromatic heterocycles. The van der Waals surface area contributed by atoms with Gasteiger partial charge in [0.1, 0.15) is 0 Å². The van der Waals surface area contributed by atoms with E-state index >= 15 is 0 Å². The molecule has 2 fully saturated rings. The van der Waals surface area contributed by atoms with Crippen molar-refractivity contribution in [2.45, 2.75) is 51.5 Å². The summed E-state index contributed by atoms with van der Waals surface area (Å²) in [6, 6.07) is 0.0465. The molecule has 1 unspecified atom stereocenters. The van der Waals surface area contributed by atoms with E-state index in [0.717, 1.165) is 77.3 Å². The van der Waals surface area contributed by atoms with Crippen LogP contribution in [-0.4, -0.2) is 98.4 Å². The van der Waals surface area contributed by atoms with Crippen LogP contribution in [0.3, 0.4) is 0 Å². The second kappa shape index (κ2) is 11.9. The van der Waals surface area contributed by atoms with E-state index in [0.29, 0.717) is 13.0 Å². The van der Waals surface area contributed by atoms with Gasteiger partial charge in [0.15, 0.2) is 5.96 Å². The third kappa shape index (κ3) is 6.96. The number of nitrogens with one attached hydrogen (secondary N) is 2. The minimum atomic E-state index is 0.0465. The van der Waals surface area contributed by atoms with Crippen LogP contribution in [0.4, 0.5) is 0 Å². The average Bonchev–Trinajstić information content (AvgIpc) is 3.30. The summed E-state index contributed by atoms with van der Waals surface area (Å²) in [7, 11) is 3.67. The summed E-state index contributed by atoms with van der Waals surface area (Å²) < 4.78 is 0. The zero-order valence-electron chi connectivity index (χ0n) is 17.9. The number of rotatable bonds is 10. The monoisotopic (exact) mass is 394 g/mol. The molecule has 2 rings (SSSR count). The van der Waals surface area contributed by atoms with E-state index in [9.17, 15) is 9.59 Å². The van der Waals surface area contributed by atoms with Crippen molar-refractivity contribution >= 4 is 17.8 Å². The Labute approximate surface area is 169 Å². The van der Waals surface area contributed by atoms with E-state index in [4.69, 9.17) is 0 Å². The van der Waals surface area contributed by atoms with Crippen LogP contribution in [0.2, 0.25) is 0 Å². The molecule has 0 bridgehead atoms. The normalized spacial score (nSPS) is 20.7. The van der Waals surface area contributed by atoms with Gasteiger partial charge in [-0.2, -0.15) is 0 Å². The molecule has 28 heavy (non-hydrogen) atoms. The van der Waals surface area contributed by atoms with Crippen LogP contribution in [0.15, 0.2) is 4.99 Å². The maximum atomic E-state index is 12.3. The Bertz CT molecular complexity index is 537. The number of hydrogen-bond acceptors (Lipinski definition) is 4. The number of likely N-dealkylation sites (tertiary alicyclic amines) is 2. The van der Waals surface area contributed by atoms with Gasteiger partial charge in [0.05, 0.1) is 6.04 Å². The molecule has 1 atom stereocenters. The first-order valence-corrected chi connectivity index (χ1v) is 10.8. The summed E-state index contributed by atoms with van der Waals surface area (Å²) in [4.78, 5) is 34.5. The molecule has 0 aromatic rings. The summed E-state index contributed by atoms with van der Waals surface area (Å²) in [5, 5.41) is 6.66. The van der Waals surface area contributed by atoms with Crippen LogP contribution in [0.1, 0.15) is 45.4 Å². The lowest BCUT2D eigenvalue weighted by molar-refractivity contribution is -0.133. The molecule has 0 spiro atoms. The second-order valence-electron chi connectivity index (χ2n) is 7.81. The van der Waals surface area contributed by atoms with Gasteiger partial charge in [-0.1, -0.05) is 0 Å². The molecule has 8 nitrogen and oxygen atoms in total. The Balaban J connectivity index is 1.66. The molecule has 2 heterocycles. The third-order valence-electron chi connectivity index (χ3n) is 5.38. The van der Waals surface area contributed by atoms with E-state index in [1.807, 2.05) is 19.0 Å². The molecule has 2 N–H and O–H groups in total. The zero-order valence-corrected chi connectivity index (χ0v) is 17.9. The van der Waals surface area contributed by atoms with Gasteiger partial charge in [-0.3, -0.25) is 19.5 Å². The van der Waals surface area contributed by atoms with Crippen LogP contribution in [0.5, 0.6) is 0 Å². The zero-order chi connectivity index (χ0) is 20.4. The van der Waals surface area contributed by atoms with E-state index < -0.39 is 0 Å². The topological polar surface area (TPSA) is 80.3 Å². The Morgan fingerprint density at radius 3 is 2.68 bits per heavy atom. The lowest BCUT2D eigenvalue weighted by atomic mass is 10.2. The van der Waals surface area contributed by atoms with E-state index in [1.165, 1.54) is 0 Å². The number of nitrogens with zero attached hydrogens (tertiary/aromatic N) is 4. The van der Waals surface area contributed by atoms with Crippen molar-refractivity contribution in [3.05, 3.63) is 0 Å². The summed E-state index contributed by atoms with van der Waals surface area (Å²) in [5.41, 5.74) is 0. The SMILES string of the molecule is CCNC(=NCCCN1CCCC1=O)NCCCN1CCCC1C(=O)N(C)C. The Kier molecular flexibility index (Phi) is 9.54. The van der Waals surface area contributed by atoms with Gasteiger partial charge in [0.25, 0.3) is 0 Å². The molecule has 0 aliphatic carbocycles. The molecule has 2 aliphatic rings. The molecule has 2 amide bonds. The highest BCUT2D eigenvalue weighted by atomic mass is 16.2. The highest BCUT2D eigenvalue weighted by Crippen LogP contribution is 2.18. The quantitative estimate of drug-likeness (QED) is 0.320. The van der Waals surface area contributed by atoms with Crippen LogP contribution in [0.25, 0.3) is 0 Å². The van der Waals surface area contributed by atoms with Gasteiger partial charge >= 0.3 is 0 Å². The highest BCUT2D eigenvalue weighted by molar-refractivity contribution is 5.81. The first-order valence-electron chi connectivity index (χ1n) is 10.8. The summed E-state index contributed by atoms with van der Waals surface area (Å²) in [6.45, 7) is 8.05. The summed E-state index contributed by atoms with van der Waals surface area (Å²) in [6.07, 6.45) is 5.62. The maximum Gasteiger partial charge on any atom is 0.239 e. The van der Waals surface area contributed by atoms with Crippen molar-refractivity contribution in [1.29, 1.82) is 0 Å². The molecule has 2 saturated heterocycles. The van der Waals surface area contributed by atoms with Crippen molar-refractivity contribution in [2.24, 2.45) is 4.99 Å². The fraction of sp³-hybridized carbons (Fsp3) is 0.850. The molecule has 0 aromatic carbocycles. The van der Waals surface area contributed by atoms with Crippen LogP contribution >= 0.6 is 0 Å². The predicted octanol–water partition coefficient (Wildman–Crippen LogP) is 0.497. The first kappa shape index (κ1) is 22.5. The summed E-state index contributed by atoms with van der Waals surface area (Å²) >= 11 is 0. The number of carbonyl (C=O) groups excluding carboxylic acids is 2. The lowest BCUT2D eigenvalue weighted by Gasteiger charge is -2.26. The maximum absolute atomic E-state index is 12.3. The number of likely N-dealkylation sites (N-methyl/N-ethyl adjacent to an activating group) is 1. The largest absolute Gasteiger partial charge is 0.357 e. The molecule has 8 heteroatoms. The lowest BCUT2D eigenvalue weighted by Crippen LogP contribution is -2.44. The van der Waals surface area contributed by atoms with Gasteiger partial charge in [0, 0.05) is 59.8 Å². The van der Waals surface area contributed by atoms with E-state index in [2.05, 4.69) is 27.4 Å². The minimum Gasteiger partial charge on any atom is -0.357 e. The smallest absolute Gasteiger partial charge is 0.239 e. The number of aliphatic imine (C=N–C) groups is 1. The molecule has 160 valence electrons. The number of guanidine groups is 1. The molecule has 0 radical (unpaired) electrons. The number of amides is 2. The fourth-order valence-electron chi connectivity index (χ4n) is 3.90. The standard InChI is InChI=1S/C20H38N6O2/c1-4-21-20(23-12-8-16-26-14-6-10-18(26)27)22-11-7-15-25-13-5-9-17(25)19(28)24(2)3/h17H,4-16H2,1-3H3,(H2,21,22,23). The molecule has 0 saturated carbocycles. The van der Waals surface area contributed by atoms with Crippen LogP contribution < -0.4 is 10.6 Å². The Hall–Kier alpha value is -1.83. The van der Waals surface area contributed by atoms with Crippen LogP contribution in [-0.2, 0) is 9.59 Å². The first-order chi connectivity index (χ1) is 13.5. The molecular weight excluding hydrogens is 356 g/mol. The van der Waals surface area contributed by atoms with Crippen molar-refractivity contribution in [3.8, 4) is 0 Å². The van der Waals surface area contributed by atoms with E-state index in [1.54, 1.807) is 4.90 Å². The third-order valence-corrected chi connectivity index (χ3v) is 5.38. The van der Waals surface area contributed by atoms with Crippen molar-refractivity contribution in [1.82, 2.24) is 25.3 Å². The van der Waals surface area contributed by atoms with Gasteiger partial charge < -0.3 is 20.4 Å². The van der Waals surface area contributed by atoms with Gasteiger partial charge in [-0.05, 0) is 45.6 Å². The minimum absolute atomic E-state index is 0.0465. The van der Waals surface area contributed by atoms with Gasteiger partial charge in [0.2, 0.25) is 11.8 Å². The fourth-order valence-corrected chi connectivity index (χ4v) is 3.90. The number of hydrogen-bond donors (Lipinski definition) is 2. The second-order valence-corrected chi connectivity index (χ2v) is 7.81. The van der Waals surface area contributed by atoms with Crippen molar-refractivity contribution in [2.75, 3.05) is 59.9 Å². The van der Waals surface area contributed by atoms with Gasteiger partial charge in [-0.25, -0.2) is 0 Å². The highest BCUT2D eigenvalue weighted by Gasteiger charge is 2.30. The van der Waals surface area contributed by atoms with Crippen molar-refractivity contribution < 1.29 is 9.59 Å². The Morgan fingerprint density at radius 2 is 2.00 bits per heavy atom. The summed E-state index contributed by atoms with van der Waals surface area (Å²) in [5.74, 6) is 1.33. The average molecular weight is 395 g/mol. The number of carbonyl (C=O) groups is 2. The molecule has 2 aliphatic heterocycles. The predicted molar refractivity (Wildman–Crippen MR) is 112 cm³/mol. The Morgan fingerprint density at radius 1 is 1.18 bits per heavy atom. The molecular formula is C20H38N6O2. The van der Waals surface area contributed by atoms with Crippen molar-refractivity contribution in [3.63, 3.8) is 0 Å². The van der Waals surface area contributed by atoms with Gasteiger partial charge in [-0.15, -0.1) is 0 Å². The van der Waals surface area contributed by atoms with Crippen LogP contribution in [0, 0.1) is 0 Å².